The van der Waals surface area contributed by atoms with Crippen LogP contribution in [0, 0.1) is 5.41 Å². The molecule has 0 unspecified atom stereocenters. The summed E-state index contributed by atoms with van der Waals surface area (Å²) in [7, 11) is 1.42. The maximum absolute atomic E-state index is 11.3. The first-order valence-electron chi connectivity index (χ1n) is 5.30. The van der Waals surface area contributed by atoms with Gasteiger partial charge in [0, 0.05) is 5.75 Å². The molecule has 0 atom stereocenters. The van der Waals surface area contributed by atoms with Gasteiger partial charge in [-0.3, -0.25) is 4.79 Å². The lowest BCUT2D eigenvalue weighted by atomic mass is 10.1. The van der Waals surface area contributed by atoms with Crippen LogP contribution in [0.4, 0.5) is 0 Å². The number of hydrogen-bond donors (Lipinski definition) is 0. The normalized spacial score (nSPS) is 16.6. The highest BCUT2D eigenvalue weighted by molar-refractivity contribution is 7.99. The first-order chi connectivity index (χ1) is 8.15. The summed E-state index contributed by atoms with van der Waals surface area (Å²) in [6, 6.07) is 0. The third-order valence-corrected chi connectivity index (χ3v) is 4.60. The van der Waals surface area contributed by atoms with Crippen molar-refractivity contribution in [2.75, 3.05) is 12.9 Å². The average molecular weight is 273 g/mol. The lowest BCUT2D eigenvalue weighted by Crippen LogP contribution is -2.13. The van der Waals surface area contributed by atoms with E-state index in [2.05, 4.69) is 9.97 Å². The molecule has 4 nitrogen and oxygen atoms in total. The van der Waals surface area contributed by atoms with Gasteiger partial charge < -0.3 is 4.74 Å². The number of carbonyl (C=O) groups is 1. The monoisotopic (exact) mass is 272 g/mol. The summed E-state index contributed by atoms with van der Waals surface area (Å²) in [5.41, 5.74) is 0.0893. The molecule has 1 aromatic rings. The molecule has 1 aromatic heterocycles. The van der Waals surface area contributed by atoms with Gasteiger partial charge in [0.2, 0.25) is 0 Å². The van der Waals surface area contributed by atoms with Crippen LogP contribution >= 0.6 is 23.4 Å². The number of thioether (sulfide) groups is 1. The lowest BCUT2D eigenvalue weighted by molar-refractivity contribution is -0.141. The fourth-order valence-electron chi connectivity index (χ4n) is 1.56. The Morgan fingerprint density at radius 1 is 1.65 bits per heavy atom. The van der Waals surface area contributed by atoms with E-state index >= 15 is 0 Å². The molecule has 0 saturated heterocycles. The van der Waals surface area contributed by atoms with Crippen molar-refractivity contribution in [1.82, 2.24) is 9.97 Å². The van der Waals surface area contributed by atoms with Crippen LogP contribution in [-0.4, -0.2) is 28.8 Å². The summed E-state index contributed by atoms with van der Waals surface area (Å²) in [6.07, 6.45) is 5.68. The fraction of sp³-hybridized carbons (Fsp3) is 0.545. The quantitative estimate of drug-likeness (QED) is 0.468. The van der Waals surface area contributed by atoms with Crippen molar-refractivity contribution in [3.8, 4) is 0 Å². The van der Waals surface area contributed by atoms with Crippen LogP contribution < -0.4 is 0 Å². The number of rotatable bonds is 5. The molecular weight excluding hydrogens is 260 g/mol. The largest absolute Gasteiger partial charge is 0.469 e. The Balaban J connectivity index is 1.90. The minimum absolute atomic E-state index is 0.0893. The van der Waals surface area contributed by atoms with Crippen LogP contribution in [0.25, 0.3) is 0 Å². The van der Waals surface area contributed by atoms with Crippen LogP contribution in [0.15, 0.2) is 17.6 Å². The number of ether oxygens (including phenoxy) is 1. The van der Waals surface area contributed by atoms with Crippen molar-refractivity contribution in [1.29, 1.82) is 0 Å². The average Bonchev–Trinajstić information content (AvgIpc) is 3.08. The smallest absolute Gasteiger partial charge is 0.306 e. The summed E-state index contributed by atoms with van der Waals surface area (Å²) in [5, 5.41) is 1.34. The van der Waals surface area contributed by atoms with Crippen LogP contribution in [0.1, 0.15) is 19.3 Å². The Kier molecular flexibility index (Phi) is 3.89. The fourth-order valence-corrected chi connectivity index (χ4v) is 2.97. The van der Waals surface area contributed by atoms with Gasteiger partial charge >= 0.3 is 5.97 Å². The minimum Gasteiger partial charge on any atom is -0.469 e. The zero-order valence-corrected chi connectivity index (χ0v) is 11.1. The molecule has 92 valence electrons. The van der Waals surface area contributed by atoms with E-state index in [1.165, 1.54) is 13.4 Å². The highest BCUT2D eigenvalue weighted by atomic mass is 35.5. The van der Waals surface area contributed by atoms with Gasteiger partial charge in [-0.15, -0.1) is 11.8 Å². The Labute approximate surface area is 109 Å². The van der Waals surface area contributed by atoms with Gasteiger partial charge in [-0.2, -0.15) is 0 Å². The van der Waals surface area contributed by atoms with Crippen LogP contribution in [0.3, 0.4) is 0 Å². The van der Waals surface area contributed by atoms with Crippen LogP contribution in [0.2, 0.25) is 5.02 Å². The summed E-state index contributed by atoms with van der Waals surface area (Å²) in [6.45, 7) is 0. The molecule has 0 aliphatic heterocycles. The Bertz CT molecular complexity index is 424. The molecule has 1 aliphatic rings. The first kappa shape index (κ1) is 12.6. The first-order valence-corrected chi connectivity index (χ1v) is 6.67. The topological polar surface area (TPSA) is 52.1 Å². The Morgan fingerprint density at radius 2 is 2.41 bits per heavy atom. The molecule has 0 bridgehead atoms. The summed E-state index contributed by atoms with van der Waals surface area (Å²) >= 11 is 7.55. The van der Waals surface area contributed by atoms with Crippen molar-refractivity contribution < 1.29 is 9.53 Å². The zero-order chi connectivity index (χ0) is 12.3. The third-order valence-electron chi connectivity index (χ3n) is 2.85. The molecule has 1 aliphatic carbocycles. The number of esters is 1. The molecule has 1 fully saturated rings. The highest BCUT2D eigenvalue weighted by Crippen LogP contribution is 2.52. The minimum atomic E-state index is -0.142. The standard InChI is InChI=1S/C11H13ClN2O2S/c1-16-9(15)4-11(2-3-11)6-17-10-8(12)5-13-7-14-10/h5,7H,2-4,6H2,1H3. The number of aromatic nitrogens is 2. The predicted molar refractivity (Wildman–Crippen MR) is 66.1 cm³/mol. The van der Waals surface area contributed by atoms with Gasteiger partial charge in [-0.1, -0.05) is 11.6 Å². The molecule has 1 saturated carbocycles. The van der Waals surface area contributed by atoms with Gasteiger partial charge in [0.15, 0.2) is 0 Å². The van der Waals surface area contributed by atoms with Gasteiger partial charge in [0.1, 0.15) is 11.4 Å². The molecule has 0 amide bonds. The maximum atomic E-state index is 11.3. The van der Waals surface area contributed by atoms with E-state index in [1.54, 1.807) is 18.0 Å². The van der Waals surface area contributed by atoms with Gasteiger partial charge in [0.05, 0.1) is 24.8 Å². The van der Waals surface area contributed by atoms with Crippen LogP contribution in [-0.2, 0) is 9.53 Å². The Morgan fingerprint density at radius 3 is 3.00 bits per heavy atom. The number of methoxy groups -OCH3 is 1. The van der Waals surface area contributed by atoms with Crippen molar-refractivity contribution in [2.24, 2.45) is 5.41 Å². The second-order valence-electron chi connectivity index (χ2n) is 4.22. The third kappa shape index (κ3) is 3.33. The van der Waals surface area contributed by atoms with E-state index in [-0.39, 0.29) is 11.4 Å². The summed E-state index contributed by atoms with van der Waals surface area (Å²) in [5.74, 6) is 0.704. The predicted octanol–water partition coefficient (Wildman–Crippen LogP) is 2.57. The maximum Gasteiger partial charge on any atom is 0.306 e. The van der Waals surface area contributed by atoms with Gasteiger partial charge in [-0.05, 0) is 18.3 Å². The van der Waals surface area contributed by atoms with E-state index in [4.69, 9.17) is 16.3 Å². The van der Waals surface area contributed by atoms with Crippen molar-refractivity contribution in [2.45, 2.75) is 24.3 Å². The molecular formula is C11H13ClN2O2S. The van der Waals surface area contributed by atoms with E-state index in [0.29, 0.717) is 11.4 Å². The van der Waals surface area contributed by atoms with Crippen LogP contribution in [0.5, 0.6) is 0 Å². The van der Waals surface area contributed by atoms with E-state index in [9.17, 15) is 4.79 Å². The van der Waals surface area contributed by atoms with E-state index < -0.39 is 0 Å². The van der Waals surface area contributed by atoms with E-state index in [0.717, 1.165) is 23.6 Å². The molecule has 17 heavy (non-hydrogen) atoms. The van der Waals surface area contributed by atoms with Crippen molar-refractivity contribution >= 4 is 29.3 Å². The highest BCUT2D eigenvalue weighted by Gasteiger charge is 2.44. The van der Waals surface area contributed by atoms with Gasteiger partial charge in [0.25, 0.3) is 0 Å². The molecule has 0 radical (unpaired) electrons. The lowest BCUT2D eigenvalue weighted by Gasteiger charge is -2.12. The number of halogens is 1. The second-order valence-corrected chi connectivity index (χ2v) is 5.59. The molecule has 6 heteroatoms. The second kappa shape index (κ2) is 5.23. The SMILES string of the molecule is COC(=O)CC1(CSc2ncncc2Cl)CC1. The summed E-state index contributed by atoms with van der Waals surface area (Å²) < 4.78 is 4.70. The van der Waals surface area contributed by atoms with Gasteiger partial charge in [-0.25, -0.2) is 9.97 Å². The molecule has 2 rings (SSSR count). The Hall–Kier alpha value is -0.810. The molecule has 0 spiro atoms. The number of nitrogens with zero attached hydrogens (tertiary/aromatic N) is 2. The molecule has 1 heterocycles. The number of hydrogen-bond acceptors (Lipinski definition) is 5. The molecule has 0 N–H and O–H groups in total. The van der Waals surface area contributed by atoms with Crippen molar-refractivity contribution in [3.05, 3.63) is 17.5 Å². The molecule has 0 aromatic carbocycles. The summed E-state index contributed by atoms with van der Waals surface area (Å²) in [4.78, 5) is 19.2. The zero-order valence-electron chi connectivity index (χ0n) is 9.48. The van der Waals surface area contributed by atoms with E-state index in [1.807, 2.05) is 0 Å². The van der Waals surface area contributed by atoms with Crippen molar-refractivity contribution in [3.63, 3.8) is 0 Å². The number of carbonyl (C=O) groups excluding carboxylic acids is 1.